The van der Waals surface area contributed by atoms with Crippen molar-refractivity contribution >= 4 is 17.7 Å². The number of esters is 1. The lowest BCUT2D eigenvalue weighted by Gasteiger charge is -2.37. The number of cyclic esters (lactones) is 1. The van der Waals surface area contributed by atoms with Crippen LogP contribution in [0.3, 0.4) is 0 Å². The number of hydrogen-bond donors (Lipinski definition) is 3. The van der Waals surface area contributed by atoms with Crippen molar-refractivity contribution < 1.29 is 24.9 Å². The van der Waals surface area contributed by atoms with Crippen molar-refractivity contribution in [3.63, 3.8) is 0 Å². The number of carbonyl (C=O) groups is 1. The Balaban J connectivity index is 1.61. The van der Waals surface area contributed by atoms with Gasteiger partial charge in [0.1, 0.15) is 27.8 Å². The summed E-state index contributed by atoms with van der Waals surface area (Å²) in [6, 6.07) is 20.2. The molecule has 200 valence electrons. The Morgan fingerprint density at radius 3 is 1.84 bits per heavy atom. The normalized spacial score (nSPS) is 15.4. The maximum Gasteiger partial charge on any atom is 0.349 e. The summed E-state index contributed by atoms with van der Waals surface area (Å²) in [4.78, 5) is 14.6. The number of ether oxygens (including phenoxy) is 1. The van der Waals surface area contributed by atoms with Crippen molar-refractivity contribution in [2.75, 3.05) is 0 Å². The molecular formula is C32H36O5S. The van der Waals surface area contributed by atoms with Gasteiger partial charge in [-0.25, -0.2) is 4.79 Å². The van der Waals surface area contributed by atoms with Crippen LogP contribution in [0.5, 0.6) is 11.5 Å². The predicted molar refractivity (Wildman–Crippen MR) is 152 cm³/mol. The zero-order valence-corrected chi connectivity index (χ0v) is 23.3. The molecule has 0 fully saturated rings. The molecule has 0 aliphatic carbocycles. The first kappa shape index (κ1) is 27.6. The van der Waals surface area contributed by atoms with Crippen molar-refractivity contribution in [3.8, 4) is 11.5 Å². The topological polar surface area (TPSA) is 87.0 Å². The number of aliphatic hydroxyl groups excluding tert-OH is 1. The highest BCUT2D eigenvalue weighted by Crippen LogP contribution is 2.44. The van der Waals surface area contributed by atoms with Crippen LogP contribution < -0.4 is 0 Å². The fourth-order valence-corrected chi connectivity index (χ4v) is 6.06. The third-order valence-corrected chi connectivity index (χ3v) is 8.18. The van der Waals surface area contributed by atoms with E-state index < -0.39 is 11.6 Å². The van der Waals surface area contributed by atoms with Gasteiger partial charge >= 0.3 is 5.97 Å². The first-order chi connectivity index (χ1) is 17.9. The number of rotatable bonds is 8. The summed E-state index contributed by atoms with van der Waals surface area (Å²) in [5.74, 6) is -0.0404. The van der Waals surface area contributed by atoms with Gasteiger partial charge in [-0.15, -0.1) is 0 Å². The molecule has 3 N–H and O–H groups in total. The van der Waals surface area contributed by atoms with E-state index in [0.717, 1.165) is 27.1 Å². The van der Waals surface area contributed by atoms with Gasteiger partial charge in [0.05, 0.1) is 0 Å². The average molecular weight is 533 g/mol. The van der Waals surface area contributed by atoms with Gasteiger partial charge in [-0.05, 0) is 90.6 Å². The van der Waals surface area contributed by atoms with Gasteiger partial charge in [0.15, 0.2) is 0 Å². The molecule has 1 aliphatic rings. The van der Waals surface area contributed by atoms with Crippen molar-refractivity contribution in [3.05, 3.63) is 99.6 Å². The van der Waals surface area contributed by atoms with Crippen molar-refractivity contribution in [1.29, 1.82) is 0 Å². The van der Waals surface area contributed by atoms with Gasteiger partial charge in [-0.3, -0.25) is 0 Å². The maximum atomic E-state index is 13.5. The molecule has 0 saturated heterocycles. The molecule has 1 aliphatic heterocycles. The molecule has 6 heteroatoms. The van der Waals surface area contributed by atoms with Crippen LogP contribution in [-0.2, 0) is 27.8 Å². The number of phenolic OH excluding ortho intramolecular Hbond substituents is 2. The zero-order chi connectivity index (χ0) is 27.5. The Kier molecular flexibility index (Phi) is 8.12. The van der Waals surface area contributed by atoms with Crippen molar-refractivity contribution in [2.24, 2.45) is 0 Å². The van der Waals surface area contributed by atoms with Crippen LogP contribution in [0.15, 0.2) is 82.3 Å². The van der Waals surface area contributed by atoms with E-state index in [0.29, 0.717) is 25.7 Å². The smallest absolute Gasteiger partial charge is 0.349 e. The minimum atomic E-state index is -0.875. The number of hydrogen-bond acceptors (Lipinski definition) is 6. The molecule has 0 atom stereocenters. The number of carbonyl (C=O) groups excluding carboxylic acids is 1. The van der Waals surface area contributed by atoms with E-state index in [1.165, 1.54) is 11.8 Å². The number of aromatic hydroxyl groups is 2. The summed E-state index contributed by atoms with van der Waals surface area (Å²) in [6.07, 6.45) is 2.55. The highest BCUT2D eigenvalue weighted by atomic mass is 32.2. The largest absolute Gasteiger partial charge is 0.511 e. The van der Waals surface area contributed by atoms with E-state index in [1.807, 2.05) is 31.2 Å². The third-order valence-electron chi connectivity index (χ3n) is 7.01. The molecule has 38 heavy (non-hydrogen) atoms. The molecule has 1 heterocycles. The van der Waals surface area contributed by atoms with E-state index >= 15 is 0 Å². The molecule has 0 unspecified atom stereocenters. The summed E-state index contributed by atoms with van der Waals surface area (Å²) in [5.41, 5.74) is 3.23. The Hall–Kier alpha value is -3.38. The van der Waals surface area contributed by atoms with Gasteiger partial charge < -0.3 is 20.1 Å². The molecule has 0 saturated carbocycles. The van der Waals surface area contributed by atoms with Crippen LogP contribution in [-0.4, -0.2) is 26.9 Å². The van der Waals surface area contributed by atoms with Gasteiger partial charge in [0, 0.05) is 11.3 Å². The summed E-state index contributed by atoms with van der Waals surface area (Å²) in [6.45, 7) is 8.41. The van der Waals surface area contributed by atoms with Crippen LogP contribution in [0.25, 0.3) is 0 Å². The molecule has 0 spiro atoms. The van der Waals surface area contributed by atoms with Crippen LogP contribution in [0, 0.1) is 6.92 Å². The fraction of sp³-hybridized carbons (Fsp3) is 0.344. The molecule has 0 amide bonds. The van der Waals surface area contributed by atoms with Gasteiger partial charge in [0.2, 0.25) is 0 Å². The van der Waals surface area contributed by atoms with E-state index in [4.69, 9.17) is 4.74 Å². The quantitative estimate of drug-likeness (QED) is 0.260. The number of thioether (sulfide) groups is 1. The van der Waals surface area contributed by atoms with Crippen LogP contribution in [0.1, 0.15) is 62.3 Å². The lowest BCUT2D eigenvalue weighted by atomic mass is 9.84. The Labute approximate surface area is 229 Å². The van der Waals surface area contributed by atoms with Crippen LogP contribution in [0.4, 0.5) is 0 Å². The first-order valence-corrected chi connectivity index (χ1v) is 13.8. The zero-order valence-electron chi connectivity index (χ0n) is 22.5. The lowest BCUT2D eigenvalue weighted by molar-refractivity contribution is -0.159. The summed E-state index contributed by atoms with van der Waals surface area (Å²) >= 11 is 1.28. The predicted octanol–water partition coefficient (Wildman–Crippen LogP) is 7.52. The standard InChI is InChI=1S/C32H36O5S/c1-21-5-14-26(31(2,3)4)28(19-21)38-29-27(35)20-32(37-30(29)36,17-15-22-6-10-24(33)11-7-22)18-16-23-8-12-25(34)13-9-23/h5-14,19,33-35H,15-18,20H2,1-4H3. The lowest BCUT2D eigenvalue weighted by Crippen LogP contribution is -2.41. The second-order valence-electron chi connectivity index (χ2n) is 11.2. The van der Waals surface area contributed by atoms with Crippen LogP contribution in [0.2, 0.25) is 0 Å². The van der Waals surface area contributed by atoms with Crippen molar-refractivity contribution in [2.45, 2.75) is 75.7 Å². The van der Waals surface area contributed by atoms with Gasteiger partial charge in [-0.1, -0.05) is 68.9 Å². The number of aryl methyl sites for hydroxylation is 3. The maximum absolute atomic E-state index is 13.5. The van der Waals surface area contributed by atoms with Gasteiger partial charge in [-0.2, -0.15) is 0 Å². The van der Waals surface area contributed by atoms with Crippen LogP contribution >= 0.6 is 11.8 Å². The Bertz CT molecular complexity index is 1270. The summed E-state index contributed by atoms with van der Waals surface area (Å²) in [5, 5.41) is 30.5. The Morgan fingerprint density at radius 2 is 1.37 bits per heavy atom. The number of benzene rings is 3. The molecule has 5 nitrogen and oxygen atoms in total. The van der Waals surface area contributed by atoms with E-state index in [1.54, 1.807) is 24.3 Å². The highest BCUT2D eigenvalue weighted by Gasteiger charge is 2.42. The molecular weight excluding hydrogens is 496 g/mol. The second-order valence-corrected chi connectivity index (χ2v) is 12.3. The highest BCUT2D eigenvalue weighted by molar-refractivity contribution is 8.04. The van der Waals surface area contributed by atoms with E-state index in [2.05, 4.69) is 39.0 Å². The minimum Gasteiger partial charge on any atom is -0.511 e. The van der Waals surface area contributed by atoms with E-state index in [9.17, 15) is 20.1 Å². The molecule has 0 bridgehead atoms. The minimum absolute atomic E-state index is 0.0593. The number of phenols is 2. The number of aliphatic hydroxyl groups is 1. The Morgan fingerprint density at radius 1 is 0.842 bits per heavy atom. The molecule has 0 radical (unpaired) electrons. The summed E-state index contributed by atoms with van der Waals surface area (Å²) in [7, 11) is 0. The molecule has 3 aromatic rings. The fourth-order valence-electron chi connectivity index (χ4n) is 4.80. The first-order valence-electron chi connectivity index (χ1n) is 12.9. The van der Waals surface area contributed by atoms with E-state index in [-0.39, 0.29) is 34.0 Å². The van der Waals surface area contributed by atoms with Gasteiger partial charge in [0.25, 0.3) is 0 Å². The molecule has 3 aromatic carbocycles. The average Bonchev–Trinajstić information content (AvgIpc) is 2.85. The SMILES string of the molecule is Cc1ccc(C(C)(C)C)c(SC2=C(O)CC(CCc3ccc(O)cc3)(CCc3ccc(O)cc3)OC2=O)c1. The van der Waals surface area contributed by atoms with Crippen molar-refractivity contribution in [1.82, 2.24) is 0 Å². The second kappa shape index (κ2) is 11.2. The molecule has 4 rings (SSSR count). The summed E-state index contributed by atoms with van der Waals surface area (Å²) < 4.78 is 6.20. The monoisotopic (exact) mass is 532 g/mol. The third kappa shape index (κ3) is 6.73. The molecule has 0 aromatic heterocycles.